The predicted molar refractivity (Wildman–Crippen MR) is 142 cm³/mol. The molecule has 0 fully saturated rings. The quantitative estimate of drug-likeness (QED) is 0.328. The van der Waals surface area contributed by atoms with E-state index in [9.17, 15) is 9.59 Å². The Morgan fingerprint density at radius 2 is 1.40 bits per heavy atom. The molecule has 0 saturated heterocycles. The van der Waals surface area contributed by atoms with Gasteiger partial charge in [-0.25, -0.2) is 0 Å². The standard InChI is InChI=1S/C30H30N2O3/c1-20(35-27-17-14-21-8-5-6-9-23(21)18-27)28(33)31-25-10-7-11-26(19-25)32-29(34)22-12-15-24(16-13-22)30(2,3)4/h5-20H,1-4H3,(H,31,33)(H,32,34)/t20-/m0/s1. The minimum absolute atomic E-state index is 0.0245. The number of benzene rings is 4. The molecule has 5 heteroatoms. The van der Waals surface area contributed by atoms with Crippen molar-refractivity contribution in [3.8, 4) is 5.75 Å². The van der Waals surface area contributed by atoms with Crippen molar-refractivity contribution in [2.45, 2.75) is 39.2 Å². The second kappa shape index (κ2) is 10.0. The van der Waals surface area contributed by atoms with Crippen LogP contribution in [0.2, 0.25) is 0 Å². The van der Waals surface area contributed by atoms with Gasteiger partial charge in [-0.05, 0) is 71.1 Å². The SMILES string of the molecule is C[C@H](Oc1ccc2ccccc2c1)C(=O)Nc1cccc(NC(=O)c2ccc(C(C)(C)C)cc2)c1. The summed E-state index contributed by atoms with van der Waals surface area (Å²) in [6.07, 6.45) is -0.698. The van der Waals surface area contributed by atoms with Crippen LogP contribution in [0.1, 0.15) is 43.6 Å². The molecule has 0 aliphatic carbocycles. The van der Waals surface area contributed by atoms with Crippen molar-refractivity contribution < 1.29 is 14.3 Å². The number of fused-ring (bicyclic) bond motifs is 1. The third-order valence-corrected chi connectivity index (χ3v) is 5.80. The Bertz CT molecular complexity index is 1350. The summed E-state index contributed by atoms with van der Waals surface area (Å²) in [6, 6.07) is 28.4. The van der Waals surface area contributed by atoms with Gasteiger partial charge in [-0.15, -0.1) is 0 Å². The van der Waals surface area contributed by atoms with E-state index in [1.807, 2.05) is 66.7 Å². The van der Waals surface area contributed by atoms with E-state index in [0.717, 1.165) is 10.8 Å². The summed E-state index contributed by atoms with van der Waals surface area (Å²) in [4.78, 5) is 25.4. The Morgan fingerprint density at radius 1 is 0.743 bits per heavy atom. The van der Waals surface area contributed by atoms with Crippen LogP contribution in [0.15, 0.2) is 91.0 Å². The first-order valence-electron chi connectivity index (χ1n) is 11.7. The Hall–Kier alpha value is -4.12. The van der Waals surface area contributed by atoms with Crippen molar-refractivity contribution in [3.05, 3.63) is 102 Å². The second-order valence-electron chi connectivity index (χ2n) is 9.62. The molecular formula is C30H30N2O3. The molecule has 4 rings (SSSR count). The van der Waals surface area contributed by atoms with Gasteiger partial charge in [0.1, 0.15) is 5.75 Å². The average Bonchev–Trinajstić information content (AvgIpc) is 2.83. The molecule has 5 nitrogen and oxygen atoms in total. The zero-order valence-electron chi connectivity index (χ0n) is 20.5. The molecule has 0 bridgehead atoms. The number of ether oxygens (including phenoxy) is 1. The van der Waals surface area contributed by atoms with Crippen LogP contribution in [0, 0.1) is 0 Å². The normalized spacial score (nSPS) is 12.1. The third kappa shape index (κ3) is 6.07. The van der Waals surface area contributed by atoms with Crippen LogP contribution in [0.4, 0.5) is 11.4 Å². The lowest BCUT2D eigenvalue weighted by Crippen LogP contribution is -2.30. The van der Waals surface area contributed by atoms with E-state index in [1.165, 1.54) is 5.56 Å². The van der Waals surface area contributed by atoms with E-state index >= 15 is 0 Å². The van der Waals surface area contributed by atoms with E-state index < -0.39 is 6.10 Å². The van der Waals surface area contributed by atoms with Crippen LogP contribution in [0.5, 0.6) is 5.75 Å². The number of rotatable bonds is 6. The lowest BCUT2D eigenvalue weighted by Gasteiger charge is -2.19. The predicted octanol–water partition coefficient (Wildman–Crippen LogP) is 6.80. The molecule has 0 spiro atoms. The van der Waals surface area contributed by atoms with E-state index in [2.05, 4.69) is 31.4 Å². The third-order valence-electron chi connectivity index (χ3n) is 5.80. The molecule has 0 aromatic heterocycles. The number of carbonyl (C=O) groups excluding carboxylic acids is 2. The average molecular weight is 467 g/mol. The van der Waals surface area contributed by atoms with Gasteiger partial charge in [-0.2, -0.15) is 0 Å². The molecule has 2 N–H and O–H groups in total. The Kier molecular flexibility index (Phi) is 6.87. The van der Waals surface area contributed by atoms with Crippen LogP contribution in [0.3, 0.4) is 0 Å². The Balaban J connectivity index is 1.38. The molecule has 4 aromatic rings. The van der Waals surface area contributed by atoms with E-state index in [-0.39, 0.29) is 17.2 Å². The largest absolute Gasteiger partial charge is 0.481 e. The van der Waals surface area contributed by atoms with E-state index in [1.54, 1.807) is 31.2 Å². The summed E-state index contributed by atoms with van der Waals surface area (Å²) in [5, 5.41) is 7.92. The Labute approximate surface area is 206 Å². The molecule has 0 aliphatic heterocycles. The fourth-order valence-corrected chi connectivity index (χ4v) is 3.74. The zero-order chi connectivity index (χ0) is 25.0. The fraction of sp³-hybridized carbons (Fsp3) is 0.200. The van der Waals surface area contributed by atoms with Gasteiger partial charge >= 0.3 is 0 Å². The minimum Gasteiger partial charge on any atom is -0.481 e. The molecule has 2 amide bonds. The van der Waals surface area contributed by atoms with E-state index in [4.69, 9.17) is 4.74 Å². The van der Waals surface area contributed by atoms with Crippen molar-refractivity contribution in [3.63, 3.8) is 0 Å². The topological polar surface area (TPSA) is 67.4 Å². The van der Waals surface area contributed by atoms with Crippen LogP contribution in [-0.2, 0) is 10.2 Å². The van der Waals surface area contributed by atoms with Crippen LogP contribution in [-0.4, -0.2) is 17.9 Å². The van der Waals surface area contributed by atoms with Crippen molar-refractivity contribution in [1.29, 1.82) is 0 Å². The van der Waals surface area contributed by atoms with Gasteiger partial charge in [0.15, 0.2) is 6.10 Å². The van der Waals surface area contributed by atoms with Crippen molar-refractivity contribution in [2.24, 2.45) is 0 Å². The first-order valence-corrected chi connectivity index (χ1v) is 11.7. The molecular weight excluding hydrogens is 436 g/mol. The number of carbonyl (C=O) groups is 2. The Morgan fingerprint density at radius 3 is 2.09 bits per heavy atom. The van der Waals surface area contributed by atoms with E-state index in [0.29, 0.717) is 22.7 Å². The maximum Gasteiger partial charge on any atom is 0.265 e. The van der Waals surface area contributed by atoms with Gasteiger partial charge in [0.2, 0.25) is 0 Å². The lowest BCUT2D eigenvalue weighted by atomic mass is 9.87. The maximum absolute atomic E-state index is 12.7. The molecule has 178 valence electrons. The lowest BCUT2D eigenvalue weighted by molar-refractivity contribution is -0.122. The summed E-state index contributed by atoms with van der Waals surface area (Å²) in [6.45, 7) is 8.11. The number of amides is 2. The zero-order valence-corrected chi connectivity index (χ0v) is 20.5. The number of hydrogen-bond acceptors (Lipinski definition) is 3. The highest BCUT2D eigenvalue weighted by atomic mass is 16.5. The molecule has 0 heterocycles. The molecule has 0 aliphatic rings. The van der Waals surface area contributed by atoms with Gasteiger partial charge in [-0.1, -0.05) is 69.3 Å². The monoisotopic (exact) mass is 466 g/mol. The maximum atomic E-state index is 12.7. The molecule has 0 unspecified atom stereocenters. The summed E-state index contributed by atoms with van der Waals surface area (Å²) < 4.78 is 5.86. The number of hydrogen-bond donors (Lipinski definition) is 2. The molecule has 1 atom stereocenters. The van der Waals surface area contributed by atoms with Crippen LogP contribution < -0.4 is 15.4 Å². The molecule has 35 heavy (non-hydrogen) atoms. The first-order chi connectivity index (χ1) is 16.7. The molecule has 0 saturated carbocycles. The van der Waals surface area contributed by atoms with Crippen molar-refractivity contribution >= 4 is 34.0 Å². The summed E-state index contributed by atoms with van der Waals surface area (Å²) in [5.41, 5.74) is 2.93. The second-order valence-corrected chi connectivity index (χ2v) is 9.62. The number of anilines is 2. The summed E-state index contributed by atoms with van der Waals surface area (Å²) >= 11 is 0. The van der Waals surface area contributed by atoms with Crippen molar-refractivity contribution in [1.82, 2.24) is 0 Å². The minimum atomic E-state index is -0.698. The van der Waals surface area contributed by atoms with Gasteiger partial charge in [0, 0.05) is 16.9 Å². The summed E-state index contributed by atoms with van der Waals surface area (Å²) in [5.74, 6) is 0.145. The number of nitrogens with one attached hydrogen (secondary N) is 2. The first kappa shape index (κ1) is 24.0. The van der Waals surface area contributed by atoms with Crippen LogP contribution >= 0.6 is 0 Å². The highest BCUT2D eigenvalue weighted by Crippen LogP contribution is 2.24. The fourth-order valence-electron chi connectivity index (χ4n) is 3.74. The molecule has 0 radical (unpaired) electrons. The smallest absolute Gasteiger partial charge is 0.265 e. The van der Waals surface area contributed by atoms with Gasteiger partial charge < -0.3 is 15.4 Å². The summed E-state index contributed by atoms with van der Waals surface area (Å²) in [7, 11) is 0. The highest BCUT2D eigenvalue weighted by molar-refractivity contribution is 6.04. The molecule has 4 aromatic carbocycles. The van der Waals surface area contributed by atoms with Gasteiger partial charge in [0.05, 0.1) is 0 Å². The highest BCUT2D eigenvalue weighted by Gasteiger charge is 2.17. The van der Waals surface area contributed by atoms with Gasteiger partial charge in [0.25, 0.3) is 11.8 Å². The van der Waals surface area contributed by atoms with Crippen LogP contribution in [0.25, 0.3) is 10.8 Å². The van der Waals surface area contributed by atoms with Gasteiger partial charge in [-0.3, -0.25) is 9.59 Å². The van der Waals surface area contributed by atoms with Crippen molar-refractivity contribution in [2.75, 3.05) is 10.6 Å².